The molecule has 1 aromatic carbocycles. The van der Waals surface area contributed by atoms with Crippen LogP contribution < -0.4 is 25.4 Å². The van der Waals surface area contributed by atoms with Crippen LogP contribution >= 0.6 is 11.3 Å². The van der Waals surface area contributed by atoms with Crippen LogP contribution in [-0.2, 0) is 25.5 Å². The van der Waals surface area contributed by atoms with Crippen LogP contribution in [0.3, 0.4) is 0 Å². The summed E-state index contributed by atoms with van der Waals surface area (Å²) in [6.45, 7) is 11.3. The number of aromatic nitrogens is 2. The molecule has 3 amide bonds. The summed E-state index contributed by atoms with van der Waals surface area (Å²) < 4.78 is 17.9. The van der Waals surface area contributed by atoms with Crippen molar-refractivity contribution in [1.82, 2.24) is 25.5 Å². The van der Waals surface area contributed by atoms with E-state index in [1.165, 1.54) is 22.3 Å². The highest BCUT2D eigenvalue weighted by Gasteiger charge is 2.44. The maximum atomic E-state index is 14.2. The van der Waals surface area contributed by atoms with Crippen molar-refractivity contribution in [1.29, 1.82) is 0 Å². The SMILES string of the molecule is C=C/C=C(/NC(=O)[C@@H]1C[C@@H]2CN1C(=O)[C@H](C(C)C)NC(=O)OCCCCCc1cc3c(cc(-c4csc(NC(C)C)n4)nc3cc1OC)O2)C(=O)O. The molecule has 2 aliphatic heterocycles. The second kappa shape index (κ2) is 16.9. The zero-order valence-corrected chi connectivity index (χ0v) is 30.9. The van der Waals surface area contributed by atoms with Gasteiger partial charge in [0.15, 0.2) is 5.13 Å². The first kappa shape index (κ1) is 38.1. The van der Waals surface area contributed by atoms with Gasteiger partial charge in [-0.3, -0.25) is 9.59 Å². The summed E-state index contributed by atoms with van der Waals surface area (Å²) in [5, 5.41) is 21.5. The monoisotopic (exact) mass is 734 g/mol. The zero-order valence-electron chi connectivity index (χ0n) is 30.1. The number of methoxy groups -OCH3 is 1. The van der Waals surface area contributed by atoms with E-state index in [4.69, 9.17) is 24.2 Å². The Balaban J connectivity index is 1.60. The first-order valence-corrected chi connectivity index (χ1v) is 18.3. The minimum atomic E-state index is -1.37. The fourth-order valence-electron chi connectivity index (χ4n) is 6.26. The lowest BCUT2D eigenvalue weighted by atomic mass is 10.0. The molecule has 3 aromatic rings. The van der Waals surface area contributed by atoms with Crippen molar-refractivity contribution >= 4 is 51.2 Å². The number of nitrogens with zero attached hydrogens (tertiary/aromatic N) is 3. The number of nitrogens with one attached hydrogen (secondary N) is 3. The van der Waals surface area contributed by atoms with E-state index in [1.807, 2.05) is 37.4 Å². The van der Waals surface area contributed by atoms with E-state index in [9.17, 15) is 24.3 Å². The second-order valence-electron chi connectivity index (χ2n) is 13.4. The van der Waals surface area contributed by atoms with E-state index < -0.39 is 47.8 Å². The van der Waals surface area contributed by atoms with E-state index >= 15 is 0 Å². The van der Waals surface area contributed by atoms with Gasteiger partial charge < -0.3 is 40.2 Å². The van der Waals surface area contributed by atoms with Gasteiger partial charge in [-0.2, -0.15) is 0 Å². The summed E-state index contributed by atoms with van der Waals surface area (Å²) in [4.78, 5) is 63.7. The highest BCUT2D eigenvalue weighted by Crippen LogP contribution is 2.37. The van der Waals surface area contributed by atoms with Gasteiger partial charge in [0.1, 0.15) is 41.1 Å². The number of alkyl carbamates (subject to hydrolysis) is 1. The number of hydrogen-bond acceptors (Lipinski definition) is 11. The van der Waals surface area contributed by atoms with Crippen LogP contribution in [0.15, 0.2) is 48.0 Å². The number of thiazole rings is 1. The third kappa shape index (κ3) is 8.99. The standard InChI is InChI=1S/C37H46N6O8S/c1-7-11-25(35(46)47)40-33(44)29-15-23-18-43(29)34(45)32(20(2)3)42-37(48)50-13-10-8-9-12-22-14-24-26(16-30(22)49-6)39-27(17-31(24)51-23)28-19-52-36(41-28)38-21(4)5/h7,11,14,16-17,19-21,23,29,32H,1,8-10,12-13,15,18H2,2-6H3,(H,38,41)(H,40,44)(H,42,48)(H,46,47)/b25-11+/t23-,29+,32+/m1/s1. The third-order valence-corrected chi connectivity index (χ3v) is 9.57. The Hall–Kier alpha value is -5.18. The predicted octanol–water partition coefficient (Wildman–Crippen LogP) is 5.28. The number of aryl methyl sites for hydroxylation is 1. The van der Waals surface area contributed by atoms with Gasteiger partial charge in [-0.05, 0) is 63.2 Å². The van der Waals surface area contributed by atoms with Gasteiger partial charge >= 0.3 is 12.1 Å². The van der Waals surface area contributed by atoms with Gasteiger partial charge in [0.25, 0.3) is 0 Å². The number of fused-ring (bicyclic) bond motifs is 3. The van der Waals surface area contributed by atoms with E-state index in [0.717, 1.165) is 35.0 Å². The normalized spacial score (nSPS) is 20.2. The molecule has 0 aliphatic carbocycles. The Bertz CT molecular complexity index is 1860. The average molecular weight is 735 g/mol. The van der Waals surface area contributed by atoms with Gasteiger partial charge in [0.05, 0.1) is 31.5 Å². The number of carboxylic acids is 1. The molecule has 5 rings (SSSR count). The fraction of sp³-hybridized carbons (Fsp3) is 0.459. The second-order valence-corrected chi connectivity index (χ2v) is 14.3. The number of carbonyl (C=O) groups is 4. The van der Waals surface area contributed by atoms with Gasteiger partial charge in [0, 0.05) is 35.4 Å². The number of benzene rings is 1. The number of aliphatic carboxylic acids is 1. The van der Waals surface area contributed by atoms with Crippen molar-refractivity contribution < 1.29 is 38.5 Å². The number of hydrogen-bond donors (Lipinski definition) is 4. The van der Waals surface area contributed by atoms with Crippen LogP contribution in [0.2, 0.25) is 0 Å². The summed E-state index contributed by atoms with van der Waals surface area (Å²) in [7, 11) is 1.61. The Morgan fingerprint density at radius 1 is 1.13 bits per heavy atom. The van der Waals surface area contributed by atoms with Crippen LogP contribution in [0.5, 0.6) is 11.5 Å². The number of amides is 3. The van der Waals surface area contributed by atoms with Crippen LogP contribution in [-0.4, -0.2) is 88.3 Å². The Morgan fingerprint density at radius 2 is 1.92 bits per heavy atom. The molecule has 14 nitrogen and oxygen atoms in total. The third-order valence-electron chi connectivity index (χ3n) is 8.80. The predicted molar refractivity (Wildman–Crippen MR) is 197 cm³/mol. The topological polar surface area (TPSA) is 181 Å². The van der Waals surface area contributed by atoms with E-state index in [-0.39, 0.29) is 31.5 Å². The average Bonchev–Trinajstić information content (AvgIpc) is 3.74. The van der Waals surface area contributed by atoms with Gasteiger partial charge in [0.2, 0.25) is 11.8 Å². The summed E-state index contributed by atoms with van der Waals surface area (Å²) in [6.07, 6.45) is 3.89. The van der Waals surface area contributed by atoms with Crippen molar-refractivity contribution in [2.75, 3.05) is 25.6 Å². The highest BCUT2D eigenvalue weighted by molar-refractivity contribution is 7.14. The molecule has 4 N–H and O–H groups in total. The molecule has 52 heavy (non-hydrogen) atoms. The lowest BCUT2D eigenvalue weighted by Crippen LogP contribution is -2.55. The number of allylic oxidation sites excluding steroid dienone is 2. The molecule has 0 saturated carbocycles. The summed E-state index contributed by atoms with van der Waals surface area (Å²) in [5.74, 6) is -1.82. The van der Waals surface area contributed by atoms with Crippen LogP contribution in [0.4, 0.5) is 9.93 Å². The summed E-state index contributed by atoms with van der Waals surface area (Å²) >= 11 is 1.46. The number of carboxylic acid groups (broad SMARTS) is 1. The molecule has 2 aromatic heterocycles. The molecule has 0 radical (unpaired) electrons. The highest BCUT2D eigenvalue weighted by atomic mass is 32.1. The molecule has 3 atom stereocenters. The molecule has 15 heteroatoms. The molecule has 2 aliphatic rings. The van der Waals surface area contributed by atoms with E-state index in [1.54, 1.807) is 21.0 Å². The largest absolute Gasteiger partial charge is 0.496 e. The van der Waals surface area contributed by atoms with Crippen molar-refractivity contribution in [3.8, 4) is 22.9 Å². The number of anilines is 1. The lowest BCUT2D eigenvalue weighted by molar-refractivity contribution is -0.141. The molecular formula is C37H46N6O8S. The molecule has 0 unspecified atom stereocenters. The van der Waals surface area contributed by atoms with Crippen molar-refractivity contribution in [3.05, 3.63) is 53.6 Å². The van der Waals surface area contributed by atoms with Gasteiger partial charge in [-0.1, -0.05) is 26.5 Å². The Morgan fingerprint density at radius 3 is 2.62 bits per heavy atom. The minimum absolute atomic E-state index is 0.0221. The minimum Gasteiger partial charge on any atom is -0.496 e. The van der Waals surface area contributed by atoms with E-state index in [0.29, 0.717) is 41.2 Å². The maximum absolute atomic E-state index is 14.2. The number of rotatable bonds is 9. The Kier molecular flexibility index (Phi) is 12.4. The molecular weight excluding hydrogens is 689 g/mol. The smallest absolute Gasteiger partial charge is 0.407 e. The number of ether oxygens (including phenoxy) is 3. The molecule has 278 valence electrons. The molecule has 4 heterocycles. The summed E-state index contributed by atoms with van der Waals surface area (Å²) in [5.41, 5.74) is 2.37. The number of pyridine rings is 1. The van der Waals surface area contributed by atoms with Crippen molar-refractivity contribution in [2.45, 2.75) is 84.0 Å². The molecule has 0 spiro atoms. The van der Waals surface area contributed by atoms with Crippen LogP contribution in [0.1, 0.15) is 58.9 Å². The fourth-order valence-corrected chi connectivity index (χ4v) is 7.11. The zero-order chi connectivity index (χ0) is 37.5. The Labute approximate surface area is 306 Å². The lowest BCUT2D eigenvalue weighted by Gasteiger charge is -2.30. The summed E-state index contributed by atoms with van der Waals surface area (Å²) in [6, 6.07) is 3.72. The number of carbonyl (C=O) groups excluding carboxylic acids is 3. The van der Waals surface area contributed by atoms with Gasteiger partial charge in [-0.25, -0.2) is 19.6 Å². The first-order chi connectivity index (χ1) is 24.9. The molecule has 4 bridgehead atoms. The van der Waals surface area contributed by atoms with Crippen LogP contribution in [0, 0.1) is 5.92 Å². The maximum Gasteiger partial charge on any atom is 0.407 e. The quantitative estimate of drug-likeness (QED) is 0.166. The first-order valence-electron chi connectivity index (χ1n) is 17.4. The van der Waals surface area contributed by atoms with Crippen LogP contribution in [0.25, 0.3) is 22.3 Å². The van der Waals surface area contributed by atoms with Gasteiger partial charge in [-0.15, -0.1) is 11.3 Å². The van der Waals surface area contributed by atoms with Crippen molar-refractivity contribution in [3.63, 3.8) is 0 Å². The number of cyclic esters (lactones) is 1. The van der Waals surface area contributed by atoms with E-state index in [2.05, 4.69) is 22.5 Å². The molecule has 1 fully saturated rings. The van der Waals surface area contributed by atoms with Crippen molar-refractivity contribution in [2.24, 2.45) is 5.92 Å². The molecule has 1 saturated heterocycles.